The van der Waals surface area contributed by atoms with Crippen LogP contribution in [0.15, 0.2) is 24.3 Å². The van der Waals surface area contributed by atoms with Gasteiger partial charge in [-0.25, -0.2) is 4.79 Å². The molecule has 0 saturated carbocycles. The number of para-hydroxylation sites is 1. The zero-order valence-electron chi connectivity index (χ0n) is 10.4. The van der Waals surface area contributed by atoms with Crippen molar-refractivity contribution in [1.82, 2.24) is 0 Å². The fourth-order valence-corrected chi connectivity index (χ4v) is 1.62. The number of nitrogens with one attached hydrogen (secondary N) is 1. The highest BCUT2D eigenvalue weighted by Crippen LogP contribution is 2.16. The first-order valence-corrected chi connectivity index (χ1v) is 5.97. The van der Waals surface area contributed by atoms with Crippen molar-refractivity contribution in [3.05, 3.63) is 29.8 Å². The summed E-state index contributed by atoms with van der Waals surface area (Å²) in [5.74, 6) is -0.498. The second-order valence-corrected chi connectivity index (χ2v) is 3.86. The molecule has 0 aliphatic rings. The van der Waals surface area contributed by atoms with Crippen molar-refractivity contribution < 1.29 is 19.5 Å². The number of carbonyl (C=O) groups is 1. The largest absolute Gasteiger partial charge is 0.507 e. The highest BCUT2D eigenvalue weighted by Gasteiger charge is 2.12. The third-order valence-electron chi connectivity index (χ3n) is 2.81. The Balaban J connectivity index is 2.43. The van der Waals surface area contributed by atoms with E-state index in [1.807, 2.05) is 0 Å². The predicted octanol–water partition coefficient (Wildman–Crippen LogP) is 0.474. The van der Waals surface area contributed by atoms with Crippen molar-refractivity contribution in [3.8, 4) is 5.75 Å². The van der Waals surface area contributed by atoms with Crippen LogP contribution in [-0.4, -0.2) is 37.3 Å². The maximum absolute atomic E-state index is 11.6. The molecule has 0 saturated heterocycles. The summed E-state index contributed by atoms with van der Waals surface area (Å²) in [4.78, 5) is 13.0. The number of quaternary nitrogens is 1. The van der Waals surface area contributed by atoms with E-state index in [1.54, 1.807) is 18.2 Å². The fourth-order valence-electron chi connectivity index (χ4n) is 1.62. The topological polar surface area (TPSA) is 51.0 Å². The number of ether oxygens (including phenoxy) is 1. The molecule has 1 aromatic rings. The Morgan fingerprint density at radius 1 is 1.29 bits per heavy atom. The molecular weight excluding hydrogens is 218 g/mol. The van der Waals surface area contributed by atoms with Crippen LogP contribution < -0.4 is 4.90 Å². The average Bonchev–Trinajstić information content (AvgIpc) is 2.35. The molecule has 94 valence electrons. The molecule has 0 aliphatic carbocycles. The molecule has 4 nitrogen and oxygen atoms in total. The van der Waals surface area contributed by atoms with Gasteiger partial charge in [-0.2, -0.15) is 0 Å². The van der Waals surface area contributed by atoms with Gasteiger partial charge in [0.1, 0.15) is 24.5 Å². The van der Waals surface area contributed by atoms with Gasteiger partial charge < -0.3 is 14.7 Å². The quantitative estimate of drug-likeness (QED) is 0.709. The molecule has 2 N–H and O–H groups in total. The zero-order valence-corrected chi connectivity index (χ0v) is 10.4. The van der Waals surface area contributed by atoms with E-state index in [2.05, 4.69) is 13.8 Å². The lowest BCUT2D eigenvalue weighted by atomic mass is 10.2. The Bertz CT molecular complexity index is 361. The zero-order chi connectivity index (χ0) is 12.7. The molecule has 0 unspecified atom stereocenters. The minimum atomic E-state index is -0.463. The first-order chi connectivity index (χ1) is 8.19. The number of phenols is 1. The molecule has 0 aromatic heterocycles. The van der Waals surface area contributed by atoms with Crippen LogP contribution in [0.5, 0.6) is 5.75 Å². The summed E-state index contributed by atoms with van der Waals surface area (Å²) in [6, 6.07) is 6.41. The SMILES string of the molecule is CC[NH+](CC)CCOC(=O)c1ccccc1O. The Labute approximate surface area is 102 Å². The molecular formula is C13H20NO3+. The number of carbonyl (C=O) groups excluding carboxylic acids is 1. The van der Waals surface area contributed by atoms with Crippen LogP contribution in [0.4, 0.5) is 0 Å². The Morgan fingerprint density at radius 2 is 1.94 bits per heavy atom. The molecule has 17 heavy (non-hydrogen) atoms. The van der Waals surface area contributed by atoms with Gasteiger partial charge in [-0.1, -0.05) is 12.1 Å². The summed E-state index contributed by atoms with van der Waals surface area (Å²) < 4.78 is 5.12. The van der Waals surface area contributed by atoms with Crippen molar-refractivity contribution in [2.75, 3.05) is 26.2 Å². The Kier molecular flexibility index (Phi) is 5.49. The summed E-state index contributed by atoms with van der Waals surface area (Å²) in [5.41, 5.74) is 0.224. The van der Waals surface area contributed by atoms with Crippen LogP contribution in [0, 0.1) is 0 Å². The normalized spacial score (nSPS) is 10.5. The van der Waals surface area contributed by atoms with E-state index in [9.17, 15) is 9.90 Å². The lowest BCUT2D eigenvalue weighted by Crippen LogP contribution is -3.11. The molecule has 0 radical (unpaired) electrons. The number of rotatable bonds is 6. The molecule has 4 heteroatoms. The highest BCUT2D eigenvalue weighted by molar-refractivity contribution is 5.92. The molecule has 1 aromatic carbocycles. The monoisotopic (exact) mass is 238 g/mol. The van der Waals surface area contributed by atoms with Crippen molar-refractivity contribution in [1.29, 1.82) is 0 Å². The number of hydrogen-bond acceptors (Lipinski definition) is 3. The summed E-state index contributed by atoms with van der Waals surface area (Å²) in [7, 11) is 0. The molecule has 0 bridgehead atoms. The molecule has 1 rings (SSSR count). The van der Waals surface area contributed by atoms with E-state index >= 15 is 0 Å². The van der Waals surface area contributed by atoms with Gasteiger partial charge in [-0.3, -0.25) is 0 Å². The van der Waals surface area contributed by atoms with Crippen molar-refractivity contribution in [3.63, 3.8) is 0 Å². The van der Waals surface area contributed by atoms with Crippen LogP contribution in [0.25, 0.3) is 0 Å². The van der Waals surface area contributed by atoms with Gasteiger partial charge >= 0.3 is 5.97 Å². The summed E-state index contributed by atoms with van der Waals surface area (Å²) in [6.07, 6.45) is 0. The second kappa shape index (κ2) is 6.91. The van der Waals surface area contributed by atoms with E-state index in [0.717, 1.165) is 19.6 Å². The minimum Gasteiger partial charge on any atom is -0.507 e. The fraction of sp³-hybridized carbons (Fsp3) is 0.462. The molecule has 0 aliphatic heterocycles. The van der Waals surface area contributed by atoms with Crippen LogP contribution in [0.3, 0.4) is 0 Å². The first-order valence-electron chi connectivity index (χ1n) is 5.97. The van der Waals surface area contributed by atoms with Gasteiger partial charge in [-0.05, 0) is 26.0 Å². The van der Waals surface area contributed by atoms with Gasteiger partial charge in [0.15, 0.2) is 0 Å². The molecule has 0 spiro atoms. The lowest BCUT2D eigenvalue weighted by molar-refractivity contribution is -0.896. The number of aromatic hydroxyl groups is 1. The summed E-state index contributed by atoms with van der Waals surface area (Å²) in [6.45, 7) is 7.42. The highest BCUT2D eigenvalue weighted by atomic mass is 16.5. The van der Waals surface area contributed by atoms with Crippen LogP contribution in [-0.2, 0) is 4.74 Å². The van der Waals surface area contributed by atoms with Gasteiger partial charge in [-0.15, -0.1) is 0 Å². The maximum Gasteiger partial charge on any atom is 0.342 e. The first kappa shape index (κ1) is 13.5. The number of phenolic OH excluding ortho intramolecular Hbond substituents is 1. The van der Waals surface area contributed by atoms with Crippen molar-refractivity contribution in [2.45, 2.75) is 13.8 Å². The van der Waals surface area contributed by atoms with Gasteiger partial charge in [0.2, 0.25) is 0 Å². The van der Waals surface area contributed by atoms with Gasteiger partial charge in [0, 0.05) is 0 Å². The Hall–Kier alpha value is -1.55. The minimum absolute atomic E-state index is 0.0345. The smallest absolute Gasteiger partial charge is 0.342 e. The van der Waals surface area contributed by atoms with Crippen LogP contribution in [0.2, 0.25) is 0 Å². The van der Waals surface area contributed by atoms with Gasteiger partial charge in [0.05, 0.1) is 13.1 Å². The summed E-state index contributed by atoms with van der Waals surface area (Å²) in [5, 5.41) is 9.48. The molecule has 0 heterocycles. The lowest BCUT2D eigenvalue weighted by Gasteiger charge is -2.15. The van der Waals surface area contributed by atoms with E-state index < -0.39 is 5.97 Å². The van der Waals surface area contributed by atoms with E-state index in [0.29, 0.717) is 6.61 Å². The number of esters is 1. The molecule has 0 atom stereocenters. The number of benzene rings is 1. The van der Waals surface area contributed by atoms with E-state index in [1.165, 1.54) is 11.0 Å². The van der Waals surface area contributed by atoms with Crippen LogP contribution in [0.1, 0.15) is 24.2 Å². The third kappa shape index (κ3) is 4.07. The third-order valence-corrected chi connectivity index (χ3v) is 2.81. The second-order valence-electron chi connectivity index (χ2n) is 3.86. The summed E-state index contributed by atoms with van der Waals surface area (Å²) >= 11 is 0. The average molecular weight is 238 g/mol. The standard InChI is InChI=1S/C13H19NO3/c1-3-14(4-2)9-10-17-13(16)11-7-5-6-8-12(11)15/h5-8,15H,3-4,9-10H2,1-2H3/p+1. The predicted molar refractivity (Wildman–Crippen MR) is 65.3 cm³/mol. The number of likely N-dealkylation sites (N-methyl/N-ethyl adjacent to an activating group) is 1. The molecule has 0 amide bonds. The Morgan fingerprint density at radius 3 is 2.53 bits per heavy atom. The molecule has 0 fully saturated rings. The number of hydrogen-bond donors (Lipinski definition) is 2. The van der Waals surface area contributed by atoms with Gasteiger partial charge in [0.25, 0.3) is 0 Å². The van der Waals surface area contributed by atoms with E-state index in [4.69, 9.17) is 4.74 Å². The van der Waals surface area contributed by atoms with Crippen LogP contribution >= 0.6 is 0 Å². The van der Waals surface area contributed by atoms with Crippen molar-refractivity contribution >= 4 is 5.97 Å². The maximum atomic E-state index is 11.6. The van der Waals surface area contributed by atoms with E-state index in [-0.39, 0.29) is 11.3 Å². The van der Waals surface area contributed by atoms with Crippen molar-refractivity contribution in [2.24, 2.45) is 0 Å².